The van der Waals surface area contributed by atoms with E-state index in [1.54, 1.807) is 48.5 Å². The smallest absolute Gasteiger partial charge is 0.288 e. The van der Waals surface area contributed by atoms with Crippen LogP contribution in [-0.2, 0) is 23.2 Å². The Morgan fingerprint density at radius 2 is 1.54 bits per heavy atom. The number of hydrogen-bond donors (Lipinski definition) is 0. The number of rotatable bonds is 4. The normalized spacial score (nSPS) is 12.5. The number of nitrogens with zero attached hydrogens (tertiary/aromatic N) is 7. The zero-order valence-electron chi connectivity index (χ0n) is 19.0. The van der Waals surface area contributed by atoms with E-state index in [1.807, 2.05) is 0 Å². The Morgan fingerprint density at radius 1 is 0.784 bits per heavy atom. The SMILES string of the molecule is Cn1cc(-c2cnc3cnn(S(=O)(=O)c4cnc5ccc(-c6ccc(C(F)(F)F)cc6)cn45)c3c2)cn1. The summed E-state index contributed by atoms with van der Waals surface area (Å²) in [5.74, 6) is 0. The fourth-order valence-electron chi connectivity index (χ4n) is 4.07. The van der Waals surface area contributed by atoms with E-state index >= 15 is 0 Å². The number of alkyl halides is 3. The molecule has 186 valence electrons. The van der Waals surface area contributed by atoms with Crippen molar-refractivity contribution in [2.45, 2.75) is 11.2 Å². The Morgan fingerprint density at radius 3 is 2.24 bits per heavy atom. The summed E-state index contributed by atoms with van der Waals surface area (Å²) >= 11 is 0. The zero-order chi connectivity index (χ0) is 25.9. The molecule has 5 aromatic heterocycles. The number of halogens is 3. The minimum Gasteiger partial charge on any atom is -0.288 e. The van der Waals surface area contributed by atoms with E-state index in [0.717, 1.165) is 21.8 Å². The van der Waals surface area contributed by atoms with E-state index in [2.05, 4.69) is 20.2 Å². The predicted octanol–water partition coefficient (Wildman–Crippen LogP) is 4.40. The molecule has 0 radical (unpaired) electrons. The van der Waals surface area contributed by atoms with Gasteiger partial charge in [-0.1, -0.05) is 12.1 Å². The van der Waals surface area contributed by atoms with Gasteiger partial charge in [-0.15, -0.1) is 0 Å². The van der Waals surface area contributed by atoms with E-state index in [-0.39, 0.29) is 10.5 Å². The van der Waals surface area contributed by atoms with Crippen LogP contribution >= 0.6 is 0 Å². The van der Waals surface area contributed by atoms with Crippen molar-refractivity contribution < 1.29 is 21.6 Å². The molecular weight excluding hydrogens is 507 g/mol. The third-order valence-corrected chi connectivity index (χ3v) is 7.51. The summed E-state index contributed by atoms with van der Waals surface area (Å²) in [4.78, 5) is 8.53. The van der Waals surface area contributed by atoms with Crippen LogP contribution in [-0.4, -0.2) is 41.8 Å². The van der Waals surface area contributed by atoms with Gasteiger partial charge in [-0.3, -0.25) is 14.1 Å². The van der Waals surface area contributed by atoms with Crippen molar-refractivity contribution in [3.05, 3.63) is 85.2 Å². The lowest BCUT2D eigenvalue weighted by Crippen LogP contribution is -2.16. The highest BCUT2D eigenvalue weighted by molar-refractivity contribution is 7.90. The first-order valence-electron chi connectivity index (χ1n) is 10.8. The fourth-order valence-corrected chi connectivity index (χ4v) is 5.40. The largest absolute Gasteiger partial charge is 0.416 e. The second-order valence-corrected chi connectivity index (χ2v) is 10.1. The molecule has 0 aliphatic heterocycles. The first-order chi connectivity index (χ1) is 17.6. The number of benzene rings is 1. The van der Waals surface area contributed by atoms with Gasteiger partial charge >= 0.3 is 16.2 Å². The standard InChI is InChI=1S/C24H16F3N7O2S/c1-32-13-18(10-30-32)17-8-21-20(28-9-17)11-31-34(21)37(35,36)23-12-29-22-7-4-16(14-33(22)23)15-2-5-19(6-3-15)24(25,26)27/h2-14H,1H3. The van der Waals surface area contributed by atoms with Crippen molar-refractivity contribution in [2.75, 3.05) is 0 Å². The fraction of sp³-hybridized carbons (Fsp3) is 0.0833. The first kappa shape index (κ1) is 22.9. The Bertz CT molecular complexity index is 1900. The van der Waals surface area contributed by atoms with Crippen LogP contribution < -0.4 is 0 Å². The molecule has 6 rings (SSSR count). The van der Waals surface area contributed by atoms with Crippen LogP contribution in [0.4, 0.5) is 13.2 Å². The molecule has 37 heavy (non-hydrogen) atoms. The number of imidazole rings is 1. The van der Waals surface area contributed by atoms with Crippen LogP contribution in [0.3, 0.4) is 0 Å². The van der Waals surface area contributed by atoms with Crippen LogP contribution in [0, 0.1) is 0 Å². The molecule has 13 heteroatoms. The van der Waals surface area contributed by atoms with Crippen molar-refractivity contribution in [3.8, 4) is 22.3 Å². The Kier molecular flexibility index (Phi) is 4.95. The summed E-state index contributed by atoms with van der Waals surface area (Å²) < 4.78 is 70.1. The third-order valence-electron chi connectivity index (χ3n) is 5.94. The van der Waals surface area contributed by atoms with Gasteiger partial charge < -0.3 is 0 Å². The topological polar surface area (TPSA) is 100.0 Å². The lowest BCUT2D eigenvalue weighted by atomic mass is 10.1. The minimum absolute atomic E-state index is 0.159. The zero-order valence-corrected chi connectivity index (χ0v) is 19.8. The van der Waals surface area contributed by atoms with Crippen molar-refractivity contribution in [3.63, 3.8) is 0 Å². The number of pyridine rings is 2. The third kappa shape index (κ3) is 3.83. The second kappa shape index (κ2) is 8.00. The van der Waals surface area contributed by atoms with E-state index in [1.165, 1.54) is 35.1 Å². The van der Waals surface area contributed by atoms with Crippen molar-refractivity contribution in [1.82, 2.24) is 33.3 Å². The Hall–Kier alpha value is -4.52. The molecule has 0 N–H and O–H groups in total. The van der Waals surface area contributed by atoms with Gasteiger partial charge in [0, 0.05) is 36.8 Å². The average Bonchev–Trinajstić information content (AvgIpc) is 3.61. The molecule has 0 fully saturated rings. The van der Waals surface area contributed by atoms with Crippen molar-refractivity contribution >= 4 is 26.7 Å². The molecule has 0 aliphatic carbocycles. The number of fused-ring (bicyclic) bond motifs is 2. The highest BCUT2D eigenvalue weighted by Crippen LogP contribution is 2.31. The summed E-state index contributed by atoms with van der Waals surface area (Å²) in [6.07, 6.45) is 4.68. The van der Waals surface area contributed by atoms with Gasteiger partial charge in [0.05, 0.1) is 24.2 Å². The number of hydrogen-bond acceptors (Lipinski definition) is 6. The maximum absolute atomic E-state index is 13.7. The molecule has 0 aliphatic rings. The molecular formula is C24H16F3N7O2S. The molecule has 0 saturated heterocycles. The molecule has 5 heterocycles. The second-order valence-electron chi connectivity index (χ2n) is 8.34. The van der Waals surface area contributed by atoms with Gasteiger partial charge in [-0.25, -0.2) is 4.98 Å². The van der Waals surface area contributed by atoms with Crippen LogP contribution in [0.15, 0.2) is 84.7 Å². The lowest BCUT2D eigenvalue weighted by Gasteiger charge is -2.09. The lowest BCUT2D eigenvalue weighted by molar-refractivity contribution is -0.137. The maximum Gasteiger partial charge on any atom is 0.416 e. The summed E-state index contributed by atoms with van der Waals surface area (Å²) in [7, 11) is -2.46. The molecule has 0 unspecified atom stereocenters. The van der Waals surface area contributed by atoms with Gasteiger partial charge in [0.25, 0.3) is 0 Å². The summed E-state index contributed by atoms with van der Waals surface area (Å²) in [6, 6.07) is 9.55. The molecule has 0 amide bonds. The van der Waals surface area contributed by atoms with E-state index in [4.69, 9.17) is 0 Å². The van der Waals surface area contributed by atoms with Gasteiger partial charge in [0.2, 0.25) is 0 Å². The number of aromatic nitrogens is 7. The van der Waals surface area contributed by atoms with Crippen molar-refractivity contribution in [1.29, 1.82) is 0 Å². The molecule has 0 atom stereocenters. The van der Waals surface area contributed by atoms with Crippen LogP contribution in [0.2, 0.25) is 0 Å². The van der Waals surface area contributed by atoms with Crippen molar-refractivity contribution in [2.24, 2.45) is 7.05 Å². The summed E-state index contributed by atoms with van der Waals surface area (Å²) in [5, 5.41) is 8.06. The average molecular weight is 524 g/mol. The Balaban J connectivity index is 1.45. The summed E-state index contributed by atoms with van der Waals surface area (Å²) in [5.41, 5.74) is 2.67. The van der Waals surface area contributed by atoms with Gasteiger partial charge in [0.1, 0.15) is 16.7 Å². The molecule has 0 bridgehead atoms. The molecule has 0 spiro atoms. The molecule has 6 aromatic rings. The van der Waals surface area contributed by atoms with E-state index in [9.17, 15) is 21.6 Å². The van der Waals surface area contributed by atoms with E-state index < -0.39 is 21.8 Å². The number of aryl methyl sites for hydroxylation is 1. The first-order valence-corrected chi connectivity index (χ1v) is 12.3. The van der Waals surface area contributed by atoms with Gasteiger partial charge in [0.15, 0.2) is 5.03 Å². The van der Waals surface area contributed by atoms with Gasteiger partial charge in [-0.2, -0.15) is 35.9 Å². The highest BCUT2D eigenvalue weighted by Gasteiger charge is 2.30. The molecule has 9 nitrogen and oxygen atoms in total. The van der Waals surface area contributed by atoms with Crippen LogP contribution in [0.5, 0.6) is 0 Å². The Labute approximate surface area is 207 Å². The maximum atomic E-state index is 13.7. The monoisotopic (exact) mass is 523 g/mol. The minimum atomic E-state index is -4.45. The predicted molar refractivity (Wildman–Crippen MR) is 128 cm³/mol. The highest BCUT2D eigenvalue weighted by atomic mass is 32.2. The molecule has 1 aromatic carbocycles. The van der Waals surface area contributed by atoms with Gasteiger partial charge in [-0.05, 0) is 41.5 Å². The van der Waals surface area contributed by atoms with E-state index in [0.29, 0.717) is 27.9 Å². The summed E-state index contributed by atoms with van der Waals surface area (Å²) in [6.45, 7) is 0. The van der Waals surface area contributed by atoms with Crippen LogP contribution in [0.25, 0.3) is 38.9 Å². The molecule has 0 saturated carbocycles. The quantitative estimate of drug-likeness (QED) is 0.340. The van der Waals surface area contributed by atoms with Crippen LogP contribution in [0.1, 0.15) is 5.56 Å².